The molecule has 1 heterocycles. The fourth-order valence-corrected chi connectivity index (χ4v) is 3.48. The van der Waals surface area contributed by atoms with Gasteiger partial charge >= 0.3 is 6.18 Å². The van der Waals surface area contributed by atoms with Gasteiger partial charge in [0.1, 0.15) is 0 Å². The Kier molecular flexibility index (Phi) is 6.09. The molecule has 1 N–H and O–H groups in total. The molecule has 3 rings (SSSR count). The van der Waals surface area contributed by atoms with E-state index < -0.39 is 38.6 Å². The number of alkyl halides is 3. The Balaban J connectivity index is 1.83. The van der Waals surface area contributed by atoms with E-state index in [-0.39, 0.29) is 25.0 Å². The molecular weight excluding hydrogens is 421 g/mol. The summed E-state index contributed by atoms with van der Waals surface area (Å²) in [7, 11) is 0. The van der Waals surface area contributed by atoms with E-state index in [0.717, 1.165) is 0 Å². The molecule has 0 radical (unpaired) electrons. The Morgan fingerprint density at radius 2 is 1.52 bits per heavy atom. The van der Waals surface area contributed by atoms with Gasteiger partial charge in [0.25, 0.3) is 17.3 Å². The SMILES string of the molecule is O=C(NC1CCN(c2c([N+](=O)[O-])cc(C(F)(F)F)cc2[N+](=O)[O-])CC1)c1ccccc1. The third-order valence-electron chi connectivity index (χ3n) is 4.97. The van der Waals surface area contributed by atoms with Crippen LogP contribution in [0.4, 0.5) is 30.2 Å². The second-order valence-electron chi connectivity index (χ2n) is 6.98. The predicted molar refractivity (Wildman–Crippen MR) is 104 cm³/mol. The zero-order chi connectivity index (χ0) is 22.8. The molecule has 1 saturated heterocycles. The van der Waals surface area contributed by atoms with E-state index in [1.807, 2.05) is 0 Å². The number of anilines is 1. The summed E-state index contributed by atoms with van der Waals surface area (Å²) >= 11 is 0. The third-order valence-corrected chi connectivity index (χ3v) is 4.97. The molecule has 2 aromatic rings. The molecule has 12 heteroatoms. The van der Waals surface area contributed by atoms with E-state index >= 15 is 0 Å². The topological polar surface area (TPSA) is 119 Å². The molecule has 0 atom stereocenters. The average Bonchev–Trinajstić information content (AvgIpc) is 2.73. The first kappa shape index (κ1) is 22.0. The van der Waals surface area contributed by atoms with E-state index in [4.69, 9.17) is 0 Å². The first-order valence-corrected chi connectivity index (χ1v) is 9.23. The summed E-state index contributed by atoms with van der Waals surface area (Å²) in [6.45, 7) is 0.180. The van der Waals surface area contributed by atoms with Gasteiger partial charge in [0, 0.05) is 36.8 Å². The van der Waals surface area contributed by atoms with Crippen LogP contribution in [0, 0.1) is 20.2 Å². The number of piperidine rings is 1. The van der Waals surface area contributed by atoms with Gasteiger partial charge in [-0.1, -0.05) is 18.2 Å². The smallest absolute Gasteiger partial charge is 0.360 e. The first-order valence-electron chi connectivity index (χ1n) is 9.23. The standard InChI is InChI=1S/C19H17F3N4O5/c20-19(21,22)13-10-15(25(28)29)17(16(11-13)26(30)31)24-8-6-14(7-9-24)23-18(27)12-4-2-1-3-5-12/h1-5,10-11,14H,6-9H2,(H,23,27). The quantitative estimate of drug-likeness (QED) is 0.558. The minimum absolute atomic E-state index is 0.0901. The van der Waals surface area contributed by atoms with E-state index in [1.165, 1.54) is 4.90 Å². The molecule has 1 fully saturated rings. The Morgan fingerprint density at radius 3 is 1.97 bits per heavy atom. The lowest BCUT2D eigenvalue weighted by atomic mass is 10.0. The Bertz CT molecular complexity index is 970. The predicted octanol–water partition coefficient (Wildman–Crippen LogP) is 3.92. The largest absolute Gasteiger partial charge is 0.416 e. The van der Waals surface area contributed by atoms with Gasteiger partial charge in [0.05, 0.1) is 15.4 Å². The number of hydrogen-bond acceptors (Lipinski definition) is 6. The van der Waals surface area contributed by atoms with Crippen LogP contribution < -0.4 is 10.2 Å². The fourth-order valence-electron chi connectivity index (χ4n) is 3.48. The summed E-state index contributed by atoms with van der Waals surface area (Å²) in [5.41, 5.74) is -3.42. The van der Waals surface area contributed by atoms with Crippen molar-refractivity contribution in [2.75, 3.05) is 18.0 Å². The van der Waals surface area contributed by atoms with Crippen molar-refractivity contribution in [3.8, 4) is 0 Å². The molecule has 1 aliphatic heterocycles. The molecule has 0 aromatic heterocycles. The average molecular weight is 438 g/mol. The number of carbonyl (C=O) groups is 1. The first-order chi connectivity index (χ1) is 14.6. The second kappa shape index (κ2) is 8.58. The van der Waals surface area contributed by atoms with E-state index in [0.29, 0.717) is 30.5 Å². The summed E-state index contributed by atoms with van der Waals surface area (Å²) in [5, 5.41) is 25.7. The fraction of sp³-hybridized carbons (Fsp3) is 0.316. The Morgan fingerprint density at radius 1 is 1.00 bits per heavy atom. The normalized spacial score (nSPS) is 14.9. The van der Waals surface area contributed by atoms with Crippen LogP contribution in [-0.4, -0.2) is 34.9 Å². The maximum atomic E-state index is 13.1. The van der Waals surface area contributed by atoms with Crippen molar-refractivity contribution in [1.82, 2.24) is 5.32 Å². The molecule has 0 bridgehead atoms. The number of nitro groups is 2. The van der Waals surface area contributed by atoms with Gasteiger partial charge in [-0.15, -0.1) is 0 Å². The number of nitrogens with one attached hydrogen (secondary N) is 1. The number of hydrogen-bond donors (Lipinski definition) is 1. The summed E-state index contributed by atoms with van der Waals surface area (Å²) in [4.78, 5) is 34.3. The molecule has 2 aromatic carbocycles. The lowest BCUT2D eigenvalue weighted by Crippen LogP contribution is -2.45. The highest BCUT2D eigenvalue weighted by molar-refractivity contribution is 5.94. The van der Waals surface area contributed by atoms with Crippen LogP contribution >= 0.6 is 0 Å². The van der Waals surface area contributed by atoms with Crippen LogP contribution in [0.25, 0.3) is 0 Å². The number of rotatable bonds is 5. The maximum absolute atomic E-state index is 13.1. The number of nitrogens with zero attached hydrogens (tertiary/aromatic N) is 3. The van der Waals surface area contributed by atoms with Crippen LogP contribution in [0.3, 0.4) is 0 Å². The highest BCUT2D eigenvalue weighted by atomic mass is 19.4. The molecule has 0 unspecified atom stereocenters. The lowest BCUT2D eigenvalue weighted by Gasteiger charge is -2.33. The van der Waals surface area contributed by atoms with Gasteiger partial charge in [-0.05, 0) is 25.0 Å². The van der Waals surface area contributed by atoms with Gasteiger partial charge in [-0.3, -0.25) is 25.0 Å². The van der Waals surface area contributed by atoms with Crippen LogP contribution in [-0.2, 0) is 6.18 Å². The molecule has 1 amide bonds. The minimum atomic E-state index is -4.97. The van der Waals surface area contributed by atoms with Crippen LogP contribution in [0.1, 0.15) is 28.8 Å². The number of amides is 1. The Labute approximate surface area is 173 Å². The molecule has 0 spiro atoms. The van der Waals surface area contributed by atoms with Crippen molar-refractivity contribution >= 4 is 23.0 Å². The zero-order valence-electron chi connectivity index (χ0n) is 16.0. The molecule has 9 nitrogen and oxygen atoms in total. The highest BCUT2D eigenvalue weighted by Gasteiger charge is 2.39. The van der Waals surface area contributed by atoms with Crippen molar-refractivity contribution in [3.63, 3.8) is 0 Å². The number of halogens is 3. The van der Waals surface area contributed by atoms with Gasteiger partial charge in [0.15, 0.2) is 5.69 Å². The van der Waals surface area contributed by atoms with Crippen LogP contribution in [0.5, 0.6) is 0 Å². The summed E-state index contributed by atoms with van der Waals surface area (Å²) in [6.07, 6.45) is -4.34. The molecule has 0 aliphatic carbocycles. The third kappa shape index (κ3) is 4.90. The minimum Gasteiger partial charge on any atom is -0.360 e. The molecular formula is C19H17F3N4O5. The van der Waals surface area contributed by atoms with Crippen LogP contribution in [0.15, 0.2) is 42.5 Å². The van der Waals surface area contributed by atoms with Gasteiger partial charge in [-0.2, -0.15) is 13.2 Å². The molecule has 0 saturated carbocycles. The summed E-state index contributed by atoms with van der Waals surface area (Å²) in [5.74, 6) is -0.300. The molecule has 1 aliphatic rings. The van der Waals surface area contributed by atoms with E-state index in [2.05, 4.69) is 5.32 Å². The summed E-state index contributed by atoms with van der Waals surface area (Å²) < 4.78 is 39.2. The van der Waals surface area contributed by atoms with Gasteiger partial charge in [-0.25, -0.2) is 0 Å². The molecule has 164 valence electrons. The number of nitro benzene ring substituents is 2. The Hall–Kier alpha value is -3.70. The number of carbonyl (C=O) groups excluding carboxylic acids is 1. The van der Waals surface area contributed by atoms with Crippen molar-refractivity contribution in [3.05, 3.63) is 73.8 Å². The van der Waals surface area contributed by atoms with E-state index in [9.17, 15) is 38.2 Å². The van der Waals surface area contributed by atoms with Gasteiger partial charge in [0.2, 0.25) is 0 Å². The van der Waals surface area contributed by atoms with E-state index in [1.54, 1.807) is 30.3 Å². The monoisotopic (exact) mass is 438 g/mol. The molecule has 31 heavy (non-hydrogen) atoms. The zero-order valence-corrected chi connectivity index (χ0v) is 16.0. The lowest BCUT2D eigenvalue weighted by molar-refractivity contribution is -0.393. The van der Waals surface area contributed by atoms with Crippen molar-refractivity contribution in [1.29, 1.82) is 0 Å². The second-order valence-corrected chi connectivity index (χ2v) is 6.98. The van der Waals surface area contributed by atoms with Crippen molar-refractivity contribution in [2.45, 2.75) is 25.1 Å². The van der Waals surface area contributed by atoms with Crippen molar-refractivity contribution in [2.24, 2.45) is 0 Å². The van der Waals surface area contributed by atoms with Crippen molar-refractivity contribution < 1.29 is 27.8 Å². The number of benzene rings is 2. The van der Waals surface area contributed by atoms with Gasteiger partial charge < -0.3 is 10.2 Å². The maximum Gasteiger partial charge on any atom is 0.416 e. The highest BCUT2D eigenvalue weighted by Crippen LogP contribution is 2.43. The summed E-state index contributed by atoms with van der Waals surface area (Å²) in [6, 6.07) is 8.80. The van der Waals surface area contributed by atoms with Crippen LogP contribution in [0.2, 0.25) is 0 Å².